The molecule has 1 aromatic heterocycles. The highest BCUT2D eigenvalue weighted by molar-refractivity contribution is 8.05. The largest absolute Gasteiger partial charge is 0.477 e. The average Bonchev–Trinajstić information content (AvgIpc) is 3.39. The number of carbonyl (C=O) groups is 1. The van der Waals surface area contributed by atoms with Crippen LogP contribution in [0.5, 0.6) is 0 Å². The summed E-state index contributed by atoms with van der Waals surface area (Å²) in [6, 6.07) is 10.6. The molecule has 0 saturated heterocycles. The van der Waals surface area contributed by atoms with E-state index in [9.17, 15) is 9.90 Å². The molecule has 6 heteroatoms. The molecular weight excluding hydrogens is 496 g/mol. The molecule has 4 nitrogen and oxygen atoms in total. The third kappa shape index (κ3) is 6.24. The Hall–Kier alpha value is -2.28. The number of rotatable bonds is 8. The van der Waals surface area contributed by atoms with Gasteiger partial charge < -0.3 is 10.4 Å². The van der Waals surface area contributed by atoms with Gasteiger partial charge >= 0.3 is 5.97 Å². The van der Waals surface area contributed by atoms with Crippen LogP contribution in [0.15, 0.2) is 58.4 Å². The van der Waals surface area contributed by atoms with E-state index in [2.05, 4.69) is 71.3 Å². The first kappa shape index (κ1) is 26.3. The van der Waals surface area contributed by atoms with Gasteiger partial charge in [-0.3, -0.25) is 4.90 Å². The van der Waals surface area contributed by atoms with Crippen LogP contribution in [0.25, 0.3) is 16.0 Å². The van der Waals surface area contributed by atoms with Gasteiger partial charge in [0, 0.05) is 35.8 Å². The first-order valence-corrected chi connectivity index (χ1v) is 15.4. The Balaban J connectivity index is 1.41. The van der Waals surface area contributed by atoms with E-state index in [1.165, 1.54) is 53.7 Å². The molecule has 3 heterocycles. The third-order valence-electron chi connectivity index (χ3n) is 8.15. The monoisotopic (exact) mass is 534 g/mol. The summed E-state index contributed by atoms with van der Waals surface area (Å²) in [5.41, 5.74) is 7.35. The molecule has 3 aliphatic rings. The maximum absolute atomic E-state index is 12.4. The second-order valence-corrected chi connectivity index (χ2v) is 12.5. The maximum Gasteiger partial charge on any atom is 0.346 e. The average molecular weight is 535 g/mol. The van der Waals surface area contributed by atoms with Crippen LogP contribution in [0.2, 0.25) is 0 Å². The zero-order chi connectivity index (χ0) is 25.8. The number of hydrogen-bond donors (Lipinski definition) is 2. The van der Waals surface area contributed by atoms with E-state index < -0.39 is 5.97 Å². The summed E-state index contributed by atoms with van der Waals surface area (Å²) in [6.07, 6.45) is 9.16. The van der Waals surface area contributed by atoms with Gasteiger partial charge in [0.1, 0.15) is 4.88 Å². The first-order valence-electron chi connectivity index (χ1n) is 13.7. The minimum absolute atomic E-state index is 0.494. The Bertz CT molecular complexity index is 1200. The summed E-state index contributed by atoms with van der Waals surface area (Å²) < 4.78 is 0. The standard InChI is InChI=1S/C31H38N2O2S2/c1-3-33-15-14-26(28(19-33)23-8-6-21(2)7-9-23)27-17-29(37-30(27)31(34)35)24-10-12-25(13-11-24)32-18-22-5-4-16-36-20-22/h4,10-13,16-17,20-21,23,32H,3,5-9,14-15,18-19H2,1-2H3,(H,34,35). The number of thioether (sulfide) groups is 1. The Morgan fingerprint density at radius 1 is 1.16 bits per heavy atom. The second-order valence-electron chi connectivity index (χ2n) is 10.7. The van der Waals surface area contributed by atoms with Gasteiger partial charge in [-0.25, -0.2) is 4.79 Å². The van der Waals surface area contributed by atoms with E-state index >= 15 is 0 Å². The van der Waals surface area contributed by atoms with E-state index in [0.29, 0.717) is 10.8 Å². The topological polar surface area (TPSA) is 52.6 Å². The van der Waals surface area contributed by atoms with Crippen LogP contribution in [-0.2, 0) is 0 Å². The lowest BCUT2D eigenvalue weighted by Gasteiger charge is -2.36. The summed E-state index contributed by atoms with van der Waals surface area (Å²) in [6.45, 7) is 8.48. The normalized spacial score (nSPS) is 22.7. The molecule has 2 aromatic rings. The minimum atomic E-state index is -0.806. The lowest BCUT2D eigenvalue weighted by Crippen LogP contribution is -2.34. The molecule has 196 valence electrons. The van der Waals surface area contributed by atoms with Crippen LogP contribution in [0.3, 0.4) is 0 Å². The van der Waals surface area contributed by atoms with Gasteiger partial charge in [0.05, 0.1) is 0 Å². The molecular formula is C31H38N2O2S2. The summed E-state index contributed by atoms with van der Waals surface area (Å²) in [7, 11) is 0. The fourth-order valence-electron chi connectivity index (χ4n) is 5.84. The number of nitrogens with zero attached hydrogens (tertiary/aromatic N) is 1. The lowest BCUT2D eigenvalue weighted by molar-refractivity contribution is 0.0702. The van der Waals surface area contributed by atoms with Gasteiger partial charge in [-0.1, -0.05) is 44.9 Å². The van der Waals surface area contributed by atoms with Crippen LogP contribution in [-0.4, -0.2) is 42.2 Å². The molecule has 0 unspecified atom stereocenters. The quantitative estimate of drug-likeness (QED) is 0.356. The zero-order valence-corrected chi connectivity index (χ0v) is 23.6. The predicted molar refractivity (Wildman–Crippen MR) is 159 cm³/mol. The Morgan fingerprint density at radius 3 is 2.62 bits per heavy atom. The molecule has 2 aliphatic heterocycles. The number of allylic oxidation sites excluding steroid dienone is 1. The Morgan fingerprint density at radius 2 is 1.95 bits per heavy atom. The fourth-order valence-corrected chi connectivity index (χ4v) is 7.53. The van der Waals surface area contributed by atoms with Gasteiger partial charge in [-0.2, -0.15) is 0 Å². The van der Waals surface area contributed by atoms with Crippen molar-refractivity contribution in [2.75, 3.05) is 31.5 Å². The Labute approximate surface area is 229 Å². The Kier molecular flexibility index (Phi) is 8.58. The van der Waals surface area contributed by atoms with Gasteiger partial charge in [-0.05, 0) is 95.4 Å². The number of benzene rings is 1. The van der Waals surface area contributed by atoms with E-state index in [0.717, 1.165) is 66.6 Å². The number of thiophene rings is 1. The summed E-state index contributed by atoms with van der Waals surface area (Å²) >= 11 is 3.16. The number of anilines is 1. The van der Waals surface area contributed by atoms with Crippen LogP contribution < -0.4 is 5.32 Å². The SMILES string of the molecule is CCN1CCC(c2cc(-c3ccc(NCC4=CSC=CC4)cc3)sc2C(=O)O)=C(C2CCC(C)CC2)C1. The van der Waals surface area contributed by atoms with Gasteiger partial charge in [0.2, 0.25) is 0 Å². The summed E-state index contributed by atoms with van der Waals surface area (Å²) in [4.78, 5) is 16.5. The van der Waals surface area contributed by atoms with Gasteiger partial charge in [-0.15, -0.1) is 23.1 Å². The molecule has 2 N–H and O–H groups in total. The van der Waals surface area contributed by atoms with Crippen molar-refractivity contribution >= 4 is 40.3 Å². The molecule has 37 heavy (non-hydrogen) atoms. The van der Waals surface area contributed by atoms with Crippen LogP contribution >= 0.6 is 23.1 Å². The molecule has 1 fully saturated rings. The molecule has 1 saturated carbocycles. The summed E-state index contributed by atoms with van der Waals surface area (Å²) in [5, 5.41) is 18.0. The number of hydrogen-bond acceptors (Lipinski definition) is 5. The third-order valence-corrected chi connectivity index (χ3v) is 10.1. The molecule has 5 rings (SSSR count). The van der Waals surface area contributed by atoms with Crippen molar-refractivity contribution in [2.24, 2.45) is 11.8 Å². The highest BCUT2D eigenvalue weighted by Gasteiger charge is 2.30. The molecule has 1 aliphatic carbocycles. The number of nitrogens with one attached hydrogen (secondary N) is 1. The zero-order valence-electron chi connectivity index (χ0n) is 22.0. The van der Waals surface area contributed by atoms with Crippen LogP contribution in [0, 0.1) is 11.8 Å². The van der Waals surface area contributed by atoms with Gasteiger partial charge in [0.15, 0.2) is 0 Å². The number of carboxylic acid groups (broad SMARTS) is 1. The summed E-state index contributed by atoms with van der Waals surface area (Å²) in [5.74, 6) is 0.587. The van der Waals surface area contributed by atoms with Crippen molar-refractivity contribution in [1.29, 1.82) is 0 Å². The lowest BCUT2D eigenvalue weighted by atomic mass is 9.75. The van der Waals surface area contributed by atoms with Crippen molar-refractivity contribution in [1.82, 2.24) is 4.90 Å². The molecule has 0 spiro atoms. The van der Waals surface area contributed by atoms with Crippen LogP contribution in [0.4, 0.5) is 5.69 Å². The number of carboxylic acids is 1. The highest BCUT2D eigenvalue weighted by Crippen LogP contribution is 2.43. The first-order chi connectivity index (χ1) is 18.0. The minimum Gasteiger partial charge on any atom is -0.477 e. The molecule has 0 amide bonds. The number of likely N-dealkylation sites (N-methyl/N-ethyl adjacent to an activating group) is 1. The van der Waals surface area contributed by atoms with Crippen molar-refractivity contribution in [2.45, 2.75) is 52.4 Å². The van der Waals surface area contributed by atoms with Crippen molar-refractivity contribution in [3.05, 3.63) is 68.8 Å². The van der Waals surface area contributed by atoms with Crippen molar-refractivity contribution in [3.8, 4) is 10.4 Å². The fraction of sp³-hybridized carbons (Fsp3) is 0.452. The molecule has 0 bridgehead atoms. The van der Waals surface area contributed by atoms with Gasteiger partial charge in [0.25, 0.3) is 0 Å². The highest BCUT2D eigenvalue weighted by atomic mass is 32.2. The van der Waals surface area contributed by atoms with E-state index in [1.807, 2.05) is 0 Å². The van der Waals surface area contributed by atoms with E-state index in [-0.39, 0.29) is 0 Å². The second kappa shape index (κ2) is 12.1. The smallest absolute Gasteiger partial charge is 0.346 e. The van der Waals surface area contributed by atoms with Crippen molar-refractivity contribution in [3.63, 3.8) is 0 Å². The predicted octanol–water partition coefficient (Wildman–Crippen LogP) is 8.37. The number of aromatic carboxylic acids is 1. The maximum atomic E-state index is 12.4. The molecule has 0 atom stereocenters. The molecule has 1 aromatic carbocycles. The van der Waals surface area contributed by atoms with E-state index in [4.69, 9.17) is 0 Å². The van der Waals surface area contributed by atoms with E-state index in [1.54, 1.807) is 11.8 Å². The molecule has 0 radical (unpaired) electrons. The van der Waals surface area contributed by atoms with Crippen molar-refractivity contribution < 1.29 is 9.90 Å². The van der Waals surface area contributed by atoms with Crippen LogP contribution in [0.1, 0.15) is 67.6 Å².